The molecule has 3 rings (SSSR count). The fourth-order valence-electron chi connectivity index (χ4n) is 2.71. The fraction of sp³-hybridized carbons (Fsp3) is 0.222. The smallest absolute Gasteiger partial charge is 0.263 e. The highest BCUT2D eigenvalue weighted by Gasteiger charge is 2.29. The third kappa shape index (κ3) is 5.36. The standard InChI is InChI=1S/C18H19ClN4O5S2/c19-13-4-3-5-14(12-13)29(25,26)22-11-10-20-17(24)8-9-21-18-15-6-1-2-7-16(15)30(27,28)23-18/h1-7,12,22H,8-11H2,(H,20,24)(H,21,23). The first-order valence-corrected chi connectivity index (χ1v) is 12.2. The van der Waals surface area contributed by atoms with Gasteiger partial charge < -0.3 is 5.32 Å². The molecule has 30 heavy (non-hydrogen) atoms. The van der Waals surface area contributed by atoms with Gasteiger partial charge in [-0.1, -0.05) is 29.8 Å². The van der Waals surface area contributed by atoms with Crippen LogP contribution in [0.15, 0.2) is 63.3 Å². The highest BCUT2D eigenvalue weighted by atomic mass is 35.5. The zero-order valence-electron chi connectivity index (χ0n) is 15.6. The minimum atomic E-state index is -3.72. The average Bonchev–Trinajstić information content (AvgIpc) is 2.96. The molecule has 0 saturated carbocycles. The molecule has 0 atom stereocenters. The number of hydrogen-bond donors (Lipinski definition) is 3. The number of hydrogen-bond acceptors (Lipinski definition) is 6. The first-order chi connectivity index (χ1) is 14.2. The summed E-state index contributed by atoms with van der Waals surface area (Å²) in [6.07, 6.45) is 0.0223. The number of carbonyl (C=O) groups excluding carboxylic acids is 1. The molecule has 0 fully saturated rings. The van der Waals surface area contributed by atoms with Gasteiger partial charge in [-0.05, 0) is 30.3 Å². The van der Waals surface area contributed by atoms with Crippen LogP contribution in [0.5, 0.6) is 0 Å². The van der Waals surface area contributed by atoms with E-state index in [0.717, 1.165) is 0 Å². The summed E-state index contributed by atoms with van der Waals surface area (Å²) >= 11 is 5.80. The zero-order chi connectivity index (χ0) is 21.8. The predicted molar refractivity (Wildman–Crippen MR) is 112 cm³/mol. The van der Waals surface area contributed by atoms with E-state index < -0.39 is 20.0 Å². The first kappa shape index (κ1) is 22.2. The number of fused-ring (bicyclic) bond motifs is 1. The van der Waals surface area contributed by atoms with Crippen molar-refractivity contribution in [3.05, 3.63) is 59.1 Å². The van der Waals surface area contributed by atoms with Gasteiger partial charge in [0, 0.05) is 30.1 Å². The van der Waals surface area contributed by atoms with E-state index in [1.165, 1.54) is 24.3 Å². The Bertz CT molecular complexity index is 1200. The summed E-state index contributed by atoms with van der Waals surface area (Å²) < 4.78 is 53.0. The lowest BCUT2D eigenvalue weighted by Crippen LogP contribution is -2.35. The molecule has 0 aliphatic carbocycles. The molecular formula is C18H19ClN4O5S2. The number of amidine groups is 1. The lowest BCUT2D eigenvalue weighted by Gasteiger charge is -2.08. The summed E-state index contributed by atoms with van der Waals surface area (Å²) in [6.45, 7) is 0.166. The number of rotatable bonds is 8. The van der Waals surface area contributed by atoms with Crippen LogP contribution in [0.2, 0.25) is 5.02 Å². The maximum Gasteiger partial charge on any atom is 0.263 e. The van der Waals surface area contributed by atoms with E-state index in [0.29, 0.717) is 10.6 Å². The average molecular weight is 471 g/mol. The Morgan fingerprint density at radius 3 is 2.63 bits per heavy atom. The Hall–Kier alpha value is -2.47. The summed E-state index contributed by atoms with van der Waals surface area (Å²) in [5.74, 6) is -0.136. The largest absolute Gasteiger partial charge is 0.355 e. The van der Waals surface area contributed by atoms with Crippen molar-refractivity contribution in [3.8, 4) is 0 Å². The maximum absolute atomic E-state index is 12.1. The monoisotopic (exact) mass is 470 g/mol. The molecule has 12 heteroatoms. The Labute approximate surface area is 179 Å². The first-order valence-electron chi connectivity index (χ1n) is 8.88. The van der Waals surface area contributed by atoms with Gasteiger partial charge in [0.25, 0.3) is 10.0 Å². The van der Waals surface area contributed by atoms with Crippen LogP contribution >= 0.6 is 11.6 Å². The summed E-state index contributed by atoms with van der Waals surface area (Å²) in [5, 5.41) is 2.88. The Kier molecular flexibility index (Phi) is 6.76. The number of sulfonamides is 2. The minimum Gasteiger partial charge on any atom is -0.355 e. The lowest BCUT2D eigenvalue weighted by atomic mass is 10.2. The second-order valence-electron chi connectivity index (χ2n) is 6.29. The number of amides is 1. The third-order valence-corrected chi connectivity index (χ3v) is 7.21. The molecular weight excluding hydrogens is 452 g/mol. The van der Waals surface area contributed by atoms with Gasteiger partial charge in [-0.2, -0.15) is 0 Å². The van der Waals surface area contributed by atoms with Gasteiger partial charge in [0.15, 0.2) is 0 Å². The van der Waals surface area contributed by atoms with Crippen molar-refractivity contribution in [1.82, 2.24) is 14.8 Å². The molecule has 0 bridgehead atoms. The van der Waals surface area contributed by atoms with E-state index in [-0.39, 0.29) is 47.6 Å². The molecule has 2 aromatic rings. The Balaban J connectivity index is 1.45. The molecule has 0 saturated heterocycles. The molecule has 160 valence electrons. The molecule has 1 heterocycles. The summed E-state index contributed by atoms with van der Waals surface area (Å²) in [7, 11) is -7.34. The summed E-state index contributed by atoms with van der Waals surface area (Å²) in [6, 6.07) is 12.3. The Morgan fingerprint density at radius 2 is 1.87 bits per heavy atom. The van der Waals surface area contributed by atoms with Crippen molar-refractivity contribution in [2.75, 3.05) is 19.6 Å². The molecule has 0 radical (unpaired) electrons. The topological polar surface area (TPSA) is 134 Å². The van der Waals surface area contributed by atoms with Crippen LogP contribution in [0, 0.1) is 0 Å². The van der Waals surface area contributed by atoms with E-state index in [9.17, 15) is 21.6 Å². The van der Waals surface area contributed by atoms with Gasteiger partial charge in [-0.3, -0.25) is 14.5 Å². The molecule has 1 aliphatic rings. The Morgan fingerprint density at radius 1 is 1.10 bits per heavy atom. The lowest BCUT2D eigenvalue weighted by molar-refractivity contribution is -0.120. The van der Waals surface area contributed by atoms with E-state index in [4.69, 9.17) is 11.6 Å². The number of nitrogens with one attached hydrogen (secondary N) is 3. The molecule has 1 amide bonds. The summed E-state index contributed by atoms with van der Waals surface area (Å²) in [4.78, 5) is 16.3. The number of carbonyl (C=O) groups is 1. The molecule has 2 aromatic carbocycles. The van der Waals surface area contributed by atoms with E-state index in [1.54, 1.807) is 24.3 Å². The highest BCUT2D eigenvalue weighted by molar-refractivity contribution is 7.90. The van der Waals surface area contributed by atoms with Crippen molar-refractivity contribution in [2.45, 2.75) is 16.2 Å². The van der Waals surface area contributed by atoms with Gasteiger partial charge >= 0.3 is 0 Å². The van der Waals surface area contributed by atoms with Crippen molar-refractivity contribution in [2.24, 2.45) is 4.99 Å². The SMILES string of the molecule is O=C(CCN=C1NS(=O)(=O)c2ccccc21)NCCNS(=O)(=O)c1cccc(Cl)c1. The number of aliphatic imine (C=N–C) groups is 1. The normalized spacial score (nSPS) is 16.1. The van der Waals surface area contributed by atoms with Crippen LogP contribution in [0.4, 0.5) is 0 Å². The van der Waals surface area contributed by atoms with Gasteiger partial charge in [0.1, 0.15) is 5.84 Å². The maximum atomic E-state index is 12.1. The molecule has 0 unspecified atom stereocenters. The fourth-order valence-corrected chi connectivity index (χ4v) is 5.30. The van der Waals surface area contributed by atoms with Crippen LogP contribution in [0.1, 0.15) is 12.0 Å². The van der Waals surface area contributed by atoms with Gasteiger partial charge in [0.05, 0.1) is 16.3 Å². The number of nitrogens with zero attached hydrogens (tertiary/aromatic N) is 1. The van der Waals surface area contributed by atoms with Crippen LogP contribution < -0.4 is 14.8 Å². The molecule has 9 nitrogen and oxygen atoms in total. The highest BCUT2D eigenvalue weighted by Crippen LogP contribution is 2.22. The quantitative estimate of drug-likeness (QED) is 0.492. The van der Waals surface area contributed by atoms with Crippen molar-refractivity contribution >= 4 is 43.4 Å². The van der Waals surface area contributed by atoms with Crippen molar-refractivity contribution < 1.29 is 21.6 Å². The second kappa shape index (κ2) is 9.13. The van der Waals surface area contributed by atoms with Gasteiger partial charge in [-0.15, -0.1) is 0 Å². The minimum absolute atomic E-state index is 0.00226. The van der Waals surface area contributed by atoms with Gasteiger partial charge in [-0.25, -0.2) is 21.6 Å². The van der Waals surface area contributed by atoms with Gasteiger partial charge in [0.2, 0.25) is 15.9 Å². The van der Waals surface area contributed by atoms with Crippen LogP contribution in [0.25, 0.3) is 0 Å². The van der Waals surface area contributed by atoms with Crippen LogP contribution in [-0.4, -0.2) is 48.2 Å². The zero-order valence-corrected chi connectivity index (χ0v) is 18.0. The third-order valence-electron chi connectivity index (χ3n) is 4.12. The number of benzene rings is 2. The second-order valence-corrected chi connectivity index (χ2v) is 10.1. The van der Waals surface area contributed by atoms with Crippen molar-refractivity contribution in [3.63, 3.8) is 0 Å². The van der Waals surface area contributed by atoms with E-state index >= 15 is 0 Å². The van der Waals surface area contributed by atoms with E-state index in [2.05, 4.69) is 19.8 Å². The molecule has 1 aliphatic heterocycles. The van der Waals surface area contributed by atoms with Crippen LogP contribution in [0.3, 0.4) is 0 Å². The van der Waals surface area contributed by atoms with Crippen molar-refractivity contribution in [1.29, 1.82) is 0 Å². The van der Waals surface area contributed by atoms with Crippen LogP contribution in [-0.2, 0) is 24.8 Å². The van der Waals surface area contributed by atoms with E-state index in [1.807, 2.05) is 0 Å². The summed E-state index contributed by atoms with van der Waals surface area (Å²) in [5.41, 5.74) is 0.466. The molecule has 3 N–H and O–H groups in total. The molecule has 0 spiro atoms. The predicted octanol–water partition coefficient (Wildman–Crippen LogP) is 0.863. The number of halogens is 1. The molecule has 0 aromatic heterocycles.